The summed E-state index contributed by atoms with van der Waals surface area (Å²) < 4.78 is 4.83. The molecule has 0 spiro atoms. The Morgan fingerprint density at radius 2 is 2.18 bits per heavy atom. The maximum atomic E-state index is 11.2. The Morgan fingerprint density at radius 1 is 1.35 bits per heavy atom. The number of fused-ring (bicyclic) bond motifs is 1. The maximum Gasteiger partial charge on any atom is 0.330 e. The molecule has 0 radical (unpaired) electrons. The average Bonchev–Trinajstić information content (AvgIpc) is 2.36. The number of hydrogen-bond donors (Lipinski definition) is 0. The summed E-state index contributed by atoms with van der Waals surface area (Å²) in [6.07, 6.45) is 4.92. The van der Waals surface area contributed by atoms with Gasteiger partial charge in [-0.2, -0.15) is 0 Å². The summed E-state index contributed by atoms with van der Waals surface area (Å²) in [5.74, 6) is -0.326. The number of hydrogen-bond acceptors (Lipinski definition) is 3. The van der Waals surface area contributed by atoms with Gasteiger partial charge in [-0.25, -0.2) is 4.79 Å². The highest BCUT2D eigenvalue weighted by molar-refractivity contribution is 5.93. The fourth-order valence-corrected chi connectivity index (χ4v) is 1.61. The molecule has 0 fully saturated rings. The van der Waals surface area contributed by atoms with Crippen LogP contribution in [0.5, 0.6) is 0 Å². The van der Waals surface area contributed by atoms with Gasteiger partial charge in [-0.1, -0.05) is 18.2 Å². The molecule has 2 rings (SSSR count). The first-order valence-electron chi connectivity index (χ1n) is 5.50. The van der Waals surface area contributed by atoms with Gasteiger partial charge in [-0.15, -0.1) is 0 Å². The molecule has 0 unspecified atom stereocenters. The topological polar surface area (TPSA) is 39.2 Å². The van der Waals surface area contributed by atoms with Crippen molar-refractivity contribution >= 4 is 22.9 Å². The first kappa shape index (κ1) is 11.3. The van der Waals surface area contributed by atoms with Gasteiger partial charge in [0.2, 0.25) is 0 Å². The lowest BCUT2D eigenvalue weighted by Gasteiger charge is -2.00. The van der Waals surface area contributed by atoms with Crippen LogP contribution in [0.3, 0.4) is 0 Å². The molecule has 0 aliphatic rings. The molecular weight excluding hydrogens is 214 g/mol. The second-order valence-electron chi connectivity index (χ2n) is 3.50. The Morgan fingerprint density at radius 3 is 3.00 bits per heavy atom. The molecule has 0 saturated carbocycles. The third kappa shape index (κ3) is 2.69. The zero-order chi connectivity index (χ0) is 12.1. The van der Waals surface area contributed by atoms with E-state index < -0.39 is 0 Å². The first-order valence-corrected chi connectivity index (χ1v) is 5.50. The monoisotopic (exact) mass is 227 g/mol. The lowest BCUT2D eigenvalue weighted by atomic mass is 10.1. The van der Waals surface area contributed by atoms with Crippen LogP contribution in [0.25, 0.3) is 17.0 Å². The van der Waals surface area contributed by atoms with Crippen molar-refractivity contribution in [2.75, 3.05) is 6.61 Å². The summed E-state index contributed by atoms with van der Waals surface area (Å²) in [5, 5.41) is 1.02. The molecule has 3 heteroatoms. The number of ether oxygens (including phenoxy) is 1. The summed E-state index contributed by atoms with van der Waals surface area (Å²) in [4.78, 5) is 15.5. The van der Waals surface area contributed by atoms with Crippen LogP contribution in [0.2, 0.25) is 0 Å². The van der Waals surface area contributed by atoms with E-state index in [-0.39, 0.29) is 5.97 Å². The average molecular weight is 227 g/mol. The molecular formula is C14H13NO2. The molecule has 0 saturated heterocycles. The van der Waals surface area contributed by atoms with Crippen LogP contribution in [0.1, 0.15) is 12.5 Å². The second kappa shape index (κ2) is 5.25. The van der Waals surface area contributed by atoms with Crippen LogP contribution in [-0.2, 0) is 9.53 Å². The van der Waals surface area contributed by atoms with Crippen molar-refractivity contribution in [3.05, 3.63) is 48.2 Å². The number of rotatable bonds is 3. The molecule has 0 aliphatic heterocycles. The predicted octanol–water partition coefficient (Wildman–Crippen LogP) is 2.81. The molecule has 1 heterocycles. The maximum absolute atomic E-state index is 11.2. The van der Waals surface area contributed by atoms with Crippen molar-refractivity contribution in [1.29, 1.82) is 0 Å². The molecule has 0 atom stereocenters. The van der Waals surface area contributed by atoms with Gasteiger partial charge in [0.1, 0.15) is 0 Å². The van der Waals surface area contributed by atoms with E-state index in [1.165, 1.54) is 6.08 Å². The van der Waals surface area contributed by atoms with Crippen LogP contribution in [0, 0.1) is 0 Å². The SMILES string of the molecule is CCOC(=O)C=Cc1ccnc2ccccc12. The van der Waals surface area contributed by atoms with Gasteiger partial charge in [-0.05, 0) is 30.7 Å². The number of pyridine rings is 1. The summed E-state index contributed by atoms with van der Waals surface area (Å²) >= 11 is 0. The zero-order valence-corrected chi connectivity index (χ0v) is 9.59. The number of para-hydroxylation sites is 1. The van der Waals surface area contributed by atoms with Crippen molar-refractivity contribution < 1.29 is 9.53 Å². The fourth-order valence-electron chi connectivity index (χ4n) is 1.61. The molecule has 0 amide bonds. The first-order chi connectivity index (χ1) is 8.31. The highest BCUT2D eigenvalue weighted by Crippen LogP contribution is 2.17. The molecule has 0 bridgehead atoms. The Hall–Kier alpha value is -2.16. The summed E-state index contributed by atoms with van der Waals surface area (Å²) in [7, 11) is 0. The molecule has 1 aromatic carbocycles. The minimum absolute atomic E-state index is 0.326. The number of carbonyl (C=O) groups is 1. The van der Waals surface area contributed by atoms with Crippen molar-refractivity contribution in [2.45, 2.75) is 6.92 Å². The predicted molar refractivity (Wildman–Crippen MR) is 67.4 cm³/mol. The normalized spacial score (nSPS) is 10.9. The number of benzene rings is 1. The van der Waals surface area contributed by atoms with E-state index in [1.807, 2.05) is 30.3 Å². The third-order valence-corrected chi connectivity index (χ3v) is 2.37. The van der Waals surface area contributed by atoms with Gasteiger partial charge in [0.15, 0.2) is 0 Å². The lowest BCUT2D eigenvalue weighted by molar-refractivity contribution is -0.137. The quantitative estimate of drug-likeness (QED) is 0.598. The van der Waals surface area contributed by atoms with Gasteiger partial charge in [-0.3, -0.25) is 4.98 Å². The highest BCUT2D eigenvalue weighted by atomic mass is 16.5. The van der Waals surface area contributed by atoms with E-state index in [4.69, 9.17) is 4.74 Å². The van der Waals surface area contributed by atoms with Crippen molar-refractivity contribution in [1.82, 2.24) is 4.98 Å². The third-order valence-electron chi connectivity index (χ3n) is 2.37. The van der Waals surface area contributed by atoms with Gasteiger partial charge in [0.25, 0.3) is 0 Å². The van der Waals surface area contributed by atoms with Crippen LogP contribution in [-0.4, -0.2) is 17.6 Å². The van der Waals surface area contributed by atoms with E-state index in [0.29, 0.717) is 6.61 Å². The molecule has 1 aromatic heterocycles. The van der Waals surface area contributed by atoms with Crippen molar-refractivity contribution in [3.63, 3.8) is 0 Å². The largest absolute Gasteiger partial charge is 0.463 e. The summed E-state index contributed by atoms with van der Waals surface area (Å²) in [5.41, 5.74) is 1.88. The number of aromatic nitrogens is 1. The molecule has 2 aromatic rings. The smallest absolute Gasteiger partial charge is 0.330 e. The minimum atomic E-state index is -0.326. The van der Waals surface area contributed by atoms with Crippen LogP contribution in [0.15, 0.2) is 42.6 Å². The summed E-state index contributed by atoms with van der Waals surface area (Å²) in [6.45, 7) is 2.17. The molecule has 86 valence electrons. The number of nitrogens with zero attached hydrogens (tertiary/aromatic N) is 1. The lowest BCUT2D eigenvalue weighted by Crippen LogP contribution is -1.98. The van der Waals surface area contributed by atoms with Gasteiger partial charge < -0.3 is 4.74 Å². The number of esters is 1. The fraction of sp³-hybridized carbons (Fsp3) is 0.143. The molecule has 17 heavy (non-hydrogen) atoms. The Labute approximate surface area is 99.7 Å². The standard InChI is InChI=1S/C14H13NO2/c1-2-17-14(16)8-7-11-9-10-15-13-6-4-3-5-12(11)13/h3-10H,2H2,1H3. The van der Waals surface area contributed by atoms with Crippen molar-refractivity contribution in [3.8, 4) is 0 Å². The molecule has 3 nitrogen and oxygen atoms in total. The Balaban J connectivity index is 2.33. The zero-order valence-electron chi connectivity index (χ0n) is 9.59. The Bertz CT molecular complexity index is 556. The number of carbonyl (C=O) groups excluding carboxylic acids is 1. The van der Waals surface area contributed by atoms with E-state index in [2.05, 4.69) is 4.98 Å². The summed E-state index contributed by atoms with van der Waals surface area (Å²) in [6, 6.07) is 9.68. The Kier molecular flexibility index (Phi) is 3.50. The minimum Gasteiger partial charge on any atom is -0.463 e. The molecule has 0 aliphatic carbocycles. The molecule has 0 N–H and O–H groups in total. The van der Waals surface area contributed by atoms with E-state index in [0.717, 1.165) is 16.5 Å². The van der Waals surface area contributed by atoms with Crippen LogP contribution >= 0.6 is 0 Å². The van der Waals surface area contributed by atoms with E-state index in [9.17, 15) is 4.79 Å². The van der Waals surface area contributed by atoms with Crippen LogP contribution in [0.4, 0.5) is 0 Å². The van der Waals surface area contributed by atoms with Gasteiger partial charge in [0.05, 0.1) is 12.1 Å². The van der Waals surface area contributed by atoms with Gasteiger partial charge >= 0.3 is 5.97 Å². The van der Waals surface area contributed by atoms with E-state index in [1.54, 1.807) is 19.2 Å². The highest BCUT2D eigenvalue weighted by Gasteiger charge is 1.99. The van der Waals surface area contributed by atoms with Crippen molar-refractivity contribution in [2.24, 2.45) is 0 Å². The van der Waals surface area contributed by atoms with Crippen LogP contribution < -0.4 is 0 Å². The van der Waals surface area contributed by atoms with E-state index >= 15 is 0 Å². The van der Waals surface area contributed by atoms with Gasteiger partial charge in [0, 0.05) is 17.7 Å². The second-order valence-corrected chi connectivity index (χ2v) is 3.50.